The van der Waals surface area contributed by atoms with Gasteiger partial charge in [0.1, 0.15) is 0 Å². The molecule has 0 radical (unpaired) electrons. The average molecular weight is 331 g/mol. The molecule has 2 rings (SSSR count). The minimum Gasteiger partial charge on any atom is -0.453 e. The third-order valence-electron chi connectivity index (χ3n) is 3.60. The average Bonchev–Trinajstić information content (AvgIpc) is 3.02. The maximum Gasteiger partial charge on any atom is 0.306 e. The lowest BCUT2D eigenvalue weighted by Crippen LogP contribution is -2.30. The summed E-state index contributed by atoms with van der Waals surface area (Å²) in [5.74, 6) is -0.674. The Kier molecular flexibility index (Phi) is 5.93. The molecule has 23 heavy (non-hydrogen) atoms. The van der Waals surface area contributed by atoms with Crippen LogP contribution in [-0.4, -0.2) is 18.0 Å². The monoisotopic (exact) mass is 331 g/mol. The summed E-state index contributed by atoms with van der Waals surface area (Å²) in [5.41, 5.74) is 3.85. The maximum absolute atomic E-state index is 12.2. The van der Waals surface area contributed by atoms with E-state index >= 15 is 0 Å². The van der Waals surface area contributed by atoms with Crippen molar-refractivity contribution in [2.75, 3.05) is 5.32 Å². The Labute approximate surface area is 140 Å². The van der Waals surface area contributed by atoms with E-state index in [0.29, 0.717) is 6.42 Å². The van der Waals surface area contributed by atoms with E-state index in [0.717, 1.165) is 22.4 Å². The second kappa shape index (κ2) is 7.92. The van der Waals surface area contributed by atoms with E-state index in [1.807, 2.05) is 48.9 Å². The molecule has 2 aromatic rings. The predicted molar refractivity (Wildman–Crippen MR) is 92.7 cm³/mol. The highest BCUT2D eigenvalue weighted by Crippen LogP contribution is 2.20. The molecule has 5 heteroatoms. The molecule has 0 saturated heterocycles. The summed E-state index contributed by atoms with van der Waals surface area (Å²) in [6.45, 7) is 5.45. The molecular weight excluding hydrogens is 310 g/mol. The number of carbonyl (C=O) groups is 2. The summed E-state index contributed by atoms with van der Waals surface area (Å²) in [7, 11) is 0. The van der Waals surface area contributed by atoms with Gasteiger partial charge in [-0.05, 0) is 60.7 Å². The fourth-order valence-corrected chi connectivity index (χ4v) is 2.93. The largest absolute Gasteiger partial charge is 0.453 e. The summed E-state index contributed by atoms with van der Waals surface area (Å²) in [5, 5.41) is 6.82. The minimum atomic E-state index is -0.816. The molecular formula is C18H21NO3S. The highest BCUT2D eigenvalue weighted by Gasteiger charge is 2.19. The van der Waals surface area contributed by atoms with Gasteiger partial charge in [0.2, 0.25) is 0 Å². The molecule has 0 aliphatic heterocycles. The molecule has 0 spiro atoms. The highest BCUT2D eigenvalue weighted by molar-refractivity contribution is 7.07. The molecule has 0 aliphatic carbocycles. The molecule has 1 aromatic carbocycles. The third-order valence-corrected chi connectivity index (χ3v) is 4.34. The lowest BCUT2D eigenvalue weighted by Gasteiger charge is -2.16. The van der Waals surface area contributed by atoms with Gasteiger partial charge in [0.25, 0.3) is 5.91 Å². The number of nitrogens with one attached hydrogen (secondary N) is 1. The fraction of sp³-hybridized carbons (Fsp3) is 0.333. The van der Waals surface area contributed by atoms with E-state index in [4.69, 9.17) is 4.74 Å². The third kappa shape index (κ3) is 4.93. The number of esters is 1. The zero-order chi connectivity index (χ0) is 16.8. The molecule has 0 fully saturated rings. The Bertz CT molecular complexity index is 659. The molecule has 1 heterocycles. The van der Waals surface area contributed by atoms with E-state index in [1.165, 1.54) is 0 Å². The zero-order valence-electron chi connectivity index (χ0n) is 13.6. The van der Waals surface area contributed by atoms with Gasteiger partial charge in [-0.2, -0.15) is 11.3 Å². The second-order valence-electron chi connectivity index (χ2n) is 5.52. The van der Waals surface area contributed by atoms with Gasteiger partial charge in [0.15, 0.2) is 6.10 Å². The van der Waals surface area contributed by atoms with Gasteiger partial charge in [0, 0.05) is 12.1 Å². The van der Waals surface area contributed by atoms with E-state index in [2.05, 4.69) is 5.32 Å². The smallest absolute Gasteiger partial charge is 0.306 e. The minimum absolute atomic E-state index is 0.276. The highest BCUT2D eigenvalue weighted by atomic mass is 32.1. The van der Waals surface area contributed by atoms with E-state index < -0.39 is 6.10 Å². The van der Waals surface area contributed by atoms with Crippen LogP contribution in [0.25, 0.3) is 0 Å². The Morgan fingerprint density at radius 2 is 1.91 bits per heavy atom. The number of anilines is 1. The van der Waals surface area contributed by atoms with Crippen LogP contribution < -0.4 is 5.32 Å². The number of carbonyl (C=O) groups excluding carboxylic acids is 2. The van der Waals surface area contributed by atoms with Gasteiger partial charge in [-0.25, -0.2) is 0 Å². The lowest BCUT2D eigenvalue weighted by atomic mass is 10.1. The van der Waals surface area contributed by atoms with Gasteiger partial charge in [-0.1, -0.05) is 18.2 Å². The van der Waals surface area contributed by atoms with Gasteiger partial charge >= 0.3 is 5.97 Å². The van der Waals surface area contributed by atoms with Crippen molar-refractivity contribution in [2.45, 2.75) is 39.7 Å². The van der Waals surface area contributed by atoms with Crippen molar-refractivity contribution in [1.29, 1.82) is 0 Å². The molecule has 4 nitrogen and oxygen atoms in total. The Morgan fingerprint density at radius 3 is 2.52 bits per heavy atom. The second-order valence-corrected chi connectivity index (χ2v) is 6.30. The standard InChI is InChI=1S/C18H21NO3S/c1-12-5-4-6-13(2)17(12)19-18(21)14(3)22-16(20)8-7-15-9-10-23-11-15/h4-6,9-11,14H,7-8H2,1-3H3,(H,19,21)/t14-/m0/s1. The van der Waals surface area contributed by atoms with Crippen LogP contribution in [-0.2, 0) is 20.7 Å². The molecule has 1 N–H and O–H groups in total. The topological polar surface area (TPSA) is 55.4 Å². The molecule has 0 aliphatic rings. The Morgan fingerprint density at radius 1 is 1.22 bits per heavy atom. The van der Waals surface area contributed by atoms with Crippen LogP contribution in [0.1, 0.15) is 30.0 Å². The first-order valence-corrected chi connectivity index (χ1v) is 8.49. The van der Waals surface area contributed by atoms with Crippen LogP contribution >= 0.6 is 11.3 Å². The van der Waals surface area contributed by atoms with Crippen LogP contribution in [0.3, 0.4) is 0 Å². The summed E-state index contributed by atoms with van der Waals surface area (Å²) in [4.78, 5) is 24.0. The van der Waals surface area contributed by atoms with E-state index in [-0.39, 0.29) is 18.3 Å². The summed E-state index contributed by atoms with van der Waals surface area (Å²) < 4.78 is 5.21. The van der Waals surface area contributed by atoms with Crippen molar-refractivity contribution in [3.05, 3.63) is 51.7 Å². The summed E-state index contributed by atoms with van der Waals surface area (Å²) >= 11 is 1.60. The number of benzene rings is 1. The van der Waals surface area contributed by atoms with Gasteiger partial charge in [-0.3, -0.25) is 9.59 Å². The van der Waals surface area contributed by atoms with Crippen LogP contribution in [0.15, 0.2) is 35.0 Å². The zero-order valence-corrected chi connectivity index (χ0v) is 14.4. The van der Waals surface area contributed by atoms with Gasteiger partial charge < -0.3 is 10.1 Å². The first kappa shape index (κ1) is 17.2. The Balaban J connectivity index is 1.86. The number of hydrogen-bond acceptors (Lipinski definition) is 4. The molecule has 1 amide bonds. The first-order chi connectivity index (χ1) is 11.0. The molecule has 0 bridgehead atoms. The lowest BCUT2D eigenvalue weighted by molar-refractivity contribution is -0.153. The predicted octanol–water partition coefficient (Wildman–Crippen LogP) is 3.87. The maximum atomic E-state index is 12.2. The van der Waals surface area contributed by atoms with Crippen molar-refractivity contribution in [3.8, 4) is 0 Å². The van der Waals surface area contributed by atoms with Crippen LogP contribution in [0.5, 0.6) is 0 Å². The summed E-state index contributed by atoms with van der Waals surface area (Å²) in [6.07, 6.45) is 0.0923. The van der Waals surface area contributed by atoms with Crippen LogP contribution in [0, 0.1) is 13.8 Å². The number of para-hydroxylation sites is 1. The van der Waals surface area contributed by atoms with Crippen molar-refractivity contribution < 1.29 is 14.3 Å². The first-order valence-electron chi connectivity index (χ1n) is 7.55. The van der Waals surface area contributed by atoms with Crippen molar-refractivity contribution in [2.24, 2.45) is 0 Å². The molecule has 0 saturated carbocycles. The number of amides is 1. The normalized spacial score (nSPS) is 11.8. The number of ether oxygens (including phenoxy) is 1. The van der Waals surface area contributed by atoms with Crippen molar-refractivity contribution in [3.63, 3.8) is 0 Å². The summed E-state index contributed by atoms with van der Waals surface area (Å²) in [6, 6.07) is 7.78. The molecule has 122 valence electrons. The number of hydrogen-bond donors (Lipinski definition) is 1. The number of thiophene rings is 1. The molecule has 1 atom stereocenters. The van der Waals surface area contributed by atoms with Gasteiger partial charge in [0.05, 0.1) is 0 Å². The van der Waals surface area contributed by atoms with E-state index in [1.54, 1.807) is 18.3 Å². The molecule has 0 unspecified atom stereocenters. The van der Waals surface area contributed by atoms with Crippen molar-refractivity contribution >= 4 is 28.9 Å². The number of rotatable bonds is 6. The fourth-order valence-electron chi connectivity index (χ4n) is 2.23. The quantitative estimate of drug-likeness (QED) is 0.818. The molecule has 1 aromatic heterocycles. The van der Waals surface area contributed by atoms with E-state index in [9.17, 15) is 9.59 Å². The SMILES string of the molecule is Cc1cccc(C)c1NC(=O)[C@H](C)OC(=O)CCc1ccsc1. The Hall–Kier alpha value is -2.14. The van der Waals surface area contributed by atoms with Gasteiger partial charge in [-0.15, -0.1) is 0 Å². The van der Waals surface area contributed by atoms with Crippen LogP contribution in [0.2, 0.25) is 0 Å². The number of aryl methyl sites for hydroxylation is 3. The van der Waals surface area contributed by atoms with Crippen molar-refractivity contribution in [1.82, 2.24) is 0 Å². The van der Waals surface area contributed by atoms with Crippen LogP contribution in [0.4, 0.5) is 5.69 Å².